The number of hydrogen-bond acceptors (Lipinski definition) is 3. The van der Waals surface area contributed by atoms with Crippen LogP contribution in [0.15, 0.2) is 0 Å². The summed E-state index contributed by atoms with van der Waals surface area (Å²) in [5, 5.41) is 3.67. The average Bonchev–Trinajstić information content (AvgIpc) is 2.78. The third-order valence-corrected chi connectivity index (χ3v) is 4.76. The molecule has 0 aromatic rings. The number of nitrogens with zero attached hydrogens (tertiary/aromatic N) is 2. The van der Waals surface area contributed by atoms with Crippen LogP contribution in [0.25, 0.3) is 0 Å². The lowest BCUT2D eigenvalue weighted by molar-refractivity contribution is 0.0938. The molecule has 1 aliphatic heterocycles. The van der Waals surface area contributed by atoms with Gasteiger partial charge < -0.3 is 10.2 Å². The second kappa shape index (κ2) is 6.88. The van der Waals surface area contributed by atoms with E-state index < -0.39 is 0 Å². The minimum atomic E-state index is 0.716. The van der Waals surface area contributed by atoms with Crippen molar-refractivity contribution >= 4 is 0 Å². The molecule has 3 nitrogen and oxygen atoms in total. The number of piperazine rings is 1. The third-order valence-electron chi connectivity index (χ3n) is 4.76. The van der Waals surface area contributed by atoms with Gasteiger partial charge in [0.05, 0.1) is 0 Å². The summed E-state index contributed by atoms with van der Waals surface area (Å²) in [6.45, 7) is 14.4. The third kappa shape index (κ3) is 3.69. The first-order valence-corrected chi connectivity index (χ1v) is 7.90. The predicted molar refractivity (Wildman–Crippen MR) is 78.0 cm³/mol. The lowest BCUT2D eigenvalue weighted by Gasteiger charge is -2.38. The molecule has 106 valence electrons. The molecule has 1 aliphatic carbocycles. The van der Waals surface area contributed by atoms with E-state index in [1.807, 2.05) is 0 Å². The van der Waals surface area contributed by atoms with E-state index in [2.05, 4.69) is 35.9 Å². The molecule has 2 fully saturated rings. The molecule has 2 aliphatic rings. The van der Waals surface area contributed by atoms with Gasteiger partial charge in [-0.2, -0.15) is 0 Å². The van der Waals surface area contributed by atoms with Crippen molar-refractivity contribution in [1.29, 1.82) is 0 Å². The molecule has 0 radical (unpaired) electrons. The van der Waals surface area contributed by atoms with Gasteiger partial charge in [-0.05, 0) is 39.2 Å². The van der Waals surface area contributed by atoms with E-state index in [9.17, 15) is 0 Å². The molecule has 3 heteroatoms. The molecule has 0 amide bonds. The molecule has 0 aromatic carbocycles. The monoisotopic (exact) mass is 253 g/mol. The van der Waals surface area contributed by atoms with Crippen LogP contribution in [0.5, 0.6) is 0 Å². The summed E-state index contributed by atoms with van der Waals surface area (Å²) in [5.74, 6) is 0.899. The summed E-state index contributed by atoms with van der Waals surface area (Å²) >= 11 is 0. The Kier molecular flexibility index (Phi) is 5.46. The maximum Gasteiger partial charge on any atom is 0.0113 e. The fourth-order valence-electron chi connectivity index (χ4n) is 3.58. The topological polar surface area (TPSA) is 18.5 Å². The van der Waals surface area contributed by atoms with Crippen molar-refractivity contribution in [2.45, 2.75) is 52.1 Å². The minimum absolute atomic E-state index is 0.716. The molecule has 1 saturated heterocycles. The molecular weight excluding hydrogens is 222 g/mol. The highest BCUT2D eigenvalue weighted by Gasteiger charge is 2.29. The maximum absolute atomic E-state index is 3.67. The van der Waals surface area contributed by atoms with E-state index in [-0.39, 0.29) is 0 Å². The van der Waals surface area contributed by atoms with Gasteiger partial charge in [0.2, 0.25) is 0 Å². The quantitative estimate of drug-likeness (QED) is 0.806. The Morgan fingerprint density at radius 3 is 2.44 bits per heavy atom. The summed E-state index contributed by atoms with van der Waals surface area (Å²) in [4.78, 5) is 5.30. The standard InChI is InChI=1S/C15H31N3/c1-4-16-15-7-5-6-14(15)12-17-8-10-18(11-9-17)13(2)3/h13-16H,4-12H2,1-3H3. The Balaban J connectivity index is 1.74. The molecule has 1 saturated carbocycles. The Labute approximate surface area is 113 Å². The largest absolute Gasteiger partial charge is 0.314 e. The van der Waals surface area contributed by atoms with Crippen LogP contribution in [0.4, 0.5) is 0 Å². The Morgan fingerprint density at radius 1 is 1.11 bits per heavy atom. The molecular formula is C15H31N3. The predicted octanol–water partition coefficient (Wildman–Crippen LogP) is 1.79. The summed E-state index contributed by atoms with van der Waals surface area (Å²) in [7, 11) is 0. The Bertz CT molecular complexity index is 234. The first-order chi connectivity index (χ1) is 8.70. The van der Waals surface area contributed by atoms with Crippen molar-refractivity contribution in [1.82, 2.24) is 15.1 Å². The number of rotatable bonds is 5. The van der Waals surface area contributed by atoms with E-state index in [1.165, 1.54) is 52.0 Å². The number of hydrogen-bond donors (Lipinski definition) is 1. The molecule has 0 spiro atoms. The van der Waals surface area contributed by atoms with Crippen molar-refractivity contribution in [3.05, 3.63) is 0 Å². The highest BCUT2D eigenvalue weighted by Crippen LogP contribution is 2.26. The van der Waals surface area contributed by atoms with Gasteiger partial charge in [-0.1, -0.05) is 13.3 Å². The molecule has 1 N–H and O–H groups in total. The van der Waals surface area contributed by atoms with Gasteiger partial charge in [-0.25, -0.2) is 0 Å². The van der Waals surface area contributed by atoms with E-state index in [0.717, 1.165) is 18.5 Å². The lowest BCUT2D eigenvalue weighted by atomic mass is 10.0. The normalized spacial score (nSPS) is 31.3. The molecule has 18 heavy (non-hydrogen) atoms. The van der Waals surface area contributed by atoms with Crippen LogP contribution in [0, 0.1) is 5.92 Å². The minimum Gasteiger partial charge on any atom is -0.314 e. The van der Waals surface area contributed by atoms with Crippen molar-refractivity contribution in [2.24, 2.45) is 5.92 Å². The van der Waals surface area contributed by atoms with Crippen LogP contribution in [0.3, 0.4) is 0 Å². The van der Waals surface area contributed by atoms with Crippen molar-refractivity contribution in [2.75, 3.05) is 39.3 Å². The van der Waals surface area contributed by atoms with E-state index in [4.69, 9.17) is 0 Å². The second-order valence-corrected chi connectivity index (χ2v) is 6.29. The fraction of sp³-hybridized carbons (Fsp3) is 1.00. The molecule has 0 aromatic heterocycles. The van der Waals surface area contributed by atoms with Crippen LogP contribution in [-0.4, -0.2) is 61.2 Å². The van der Waals surface area contributed by atoms with Crippen LogP contribution in [0.2, 0.25) is 0 Å². The highest BCUT2D eigenvalue weighted by atomic mass is 15.3. The zero-order chi connectivity index (χ0) is 13.0. The Hall–Kier alpha value is -0.120. The molecule has 1 heterocycles. The van der Waals surface area contributed by atoms with E-state index in [1.54, 1.807) is 0 Å². The highest BCUT2D eigenvalue weighted by molar-refractivity contribution is 4.86. The molecule has 2 atom stereocenters. The summed E-state index contributed by atoms with van der Waals surface area (Å²) in [6.07, 6.45) is 4.25. The zero-order valence-electron chi connectivity index (χ0n) is 12.5. The second-order valence-electron chi connectivity index (χ2n) is 6.29. The van der Waals surface area contributed by atoms with Gasteiger partial charge in [0.15, 0.2) is 0 Å². The van der Waals surface area contributed by atoms with Crippen LogP contribution in [0.1, 0.15) is 40.0 Å². The SMILES string of the molecule is CCNC1CCCC1CN1CCN(C(C)C)CC1. The number of nitrogens with one attached hydrogen (secondary N) is 1. The molecule has 0 bridgehead atoms. The van der Waals surface area contributed by atoms with Crippen molar-refractivity contribution in [3.8, 4) is 0 Å². The Morgan fingerprint density at radius 2 is 1.83 bits per heavy atom. The zero-order valence-corrected chi connectivity index (χ0v) is 12.5. The van der Waals surface area contributed by atoms with Gasteiger partial charge >= 0.3 is 0 Å². The first kappa shape index (κ1) is 14.3. The smallest absolute Gasteiger partial charge is 0.0113 e. The fourth-order valence-corrected chi connectivity index (χ4v) is 3.58. The summed E-state index contributed by atoms with van der Waals surface area (Å²) < 4.78 is 0. The van der Waals surface area contributed by atoms with Crippen molar-refractivity contribution < 1.29 is 0 Å². The van der Waals surface area contributed by atoms with Gasteiger partial charge in [-0.15, -0.1) is 0 Å². The molecule has 2 unspecified atom stereocenters. The lowest BCUT2D eigenvalue weighted by Crippen LogP contribution is -2.51. The van der Waals surface area contributed by atoms with Crippen LogP contribution < -0.4 is 5.32 Å². The maximum atomic E-state index is 3.67. The van der Waals surface area contributed by atoms with Crippen molar-refractivity contribution in [3.63, 3.8) is 0 Å². The average molecular weight is 253 g/mol. The van der Waals surface area contributed by atoms with E-state index in [0.29, 0.717) is 6.04 Å². The van der Waals surface area contributed by atoms with Gasteiger partial charge in [0.1, 0.15) is 0 Å². The van der Waals surface area contributed by atoms with Crippen LogP contribution >= 0.6 is 0 Å². The molecule has 2 rings (SSSR count). The van der Waals surface area contributed by atoms with Gasteiger partial charge in [-0.3, -0.25) is 4.90 Å². The van der Waals surface area contributed by atoms with E-state index >= 15 is 0 Å². The van der Waals surface area contributed by atoms with Gasteiger partial charge in [0, 0.05) is 44.8 Å². The first-order valence-electron chi connectivity index (χ1n) is 7.90. The van der Waals surface area contributed by atoms with Gasteiger partial charge in [0.25, 0.3) is 0 Å². The van der Waals surface area contributed by atoms with Crippen LogP contribution in [-0.2, 0) is 0 Å². The summed E-state index contributed by atoms with van der Waals surface area (Å²) in [5.41, 5.74) is 0. The summed E-state index contributed by atoms with van der Waals surface area (Å²) in [6, 6.07) is 1.51.